The summed E-state index contributed by atoms with van der Waals surface area (Å²) in [6.45, 7) is 0. The first-order valence-electron chi connectivity index (χ1n) is 9.97. The van der Waals surface area contributed by atoms with Gasteiger partial charge in [-0.1, -0.05) is 116 Å². The molecule has 0 radical (unpaired) electrons. The summed E-state index contributed by atoms with van der Waals surface area (Å²) in [4.78, 5) is 0. The number of hydrogen-bond donors (Lipinski definition) is 0. The largest absolute Gasteiger partial charge is 0.0533 e. The second-order valence-electron chi connectivity index (χ2n) is 7.62. The zero-order chi connectivity index (χ0) is 13.9. The molecular weight excluding hydrogens is 240 g/mol. The maximum absolute atomic E-state index is 1.56. The lowest BCUT2D eigenvalue weighted by atomic mass is 9.77. The average molecular weight is 279 g/mol. The van der Waals surface area contributed by atoms with Crippen molar-refractivity contribution in [3.63, 3.8) is 0 Å². The van der Waals surface area contributed by atoms with E-state index in [1.54, 1.807) is 25.7 Å². The molecule has 0 unspecified atom stereocenters. The zero-order valence-electron chi connectivity index (χ0n) is 13.9. The standard InChI is InChI=1S/C20H38/c1-2-4-7-11-15-19(16-12-8-5-3-1)20-17-13-9-6-10-14-18-20/h19-20H,1-18H2. The molecule has 2 rings (SSSR count). The third kappa shape index (κ3) is 6.64. The summed E-state index contributed by atoms with van der Waals surface area (Å²) in [5.41, 5.74) is 0. The molecule has 0 aromatic carbocycles. The van der Waals surface area contributed by atoms with Gasteiger partial charge in [-0.25, -0.2) is 0 Å². The van der Waals surface area contributed by atoms with Gasteiger partial charge in [-0.2, -0.15) is 0 Å². The first-order valence-corrected chi connectivity index (χ1v) is 9.97. The fraction of sp³-hybridized carbons (Fsp3) is 1.00. The number of rotatable bonds is 1. The highest BCUT2D eigenvalue weighted by atomic mass is 14.3. The molecular formula is C20H38. The van der Waals surface area contributed by atoms with E-state index in [9.17, 15) is 0 Å². The summed E-state index contributed by atoms with van der Waals surface area (Å²) < 4.78 is 0. The molecule has 0 heteroatoms. The summed E-state index contributed by atoms with van der Waals surface area (Å²) in [6.07, 6.45) is 27.5. The molecule has 0 spiro atoms. The Morgan fingerprint density at radius 2 is 0.450 bits per heavy atom. The van der Waals surface area contributed by atoms with Gasteiger partial charge in [0.15, 0.2) is 0 Å². The van der Waals surface area contributed by atoms with Crippen molar-refractivity contribution in [2.75, 3.05) is 0 Å². The fourth-order valence-corrected chi connectivity index (χ4v) is 4.63. The van der Waals surface area contributed by atoms with Crippen molar-refractivity contribution in [3.8, 4) is 0 Å². The Kier molecular flexibility index (Phi) is 8.75. The van der Waals surface area contributed by atoms with Gasteiger partial charge < -0.3 is 0 Å². The Bertz CT molecular complexity index is 200. The minimum atomic E-state index is 1.09. The Morgan fingerprint density at radius 3 is 0.700 bits per heavy atom. The molecule has 2 fully saturated rings. The van der Waals surface area contributed by atoms with E-state index in [0.717, 1.165) is 11.8 Å². The Hall–Kier alpha value is 0. The minimum absolute atomic E-state index is 1.09. The predicted octanol–water partition coefficient (Wildman–Crippen LogP) is 7.27. The fourth-order valence-electron chi connectivity index (χ4n) is 4.63. The molecule has 0 heterocycles. The van der Waals surface area contributed by atoms with E-state index in [4.69, 9.17) is 0 Å². The van der Waals surface area contributed by atoms with Crippen LogP contribution in [0.4, 0.5) is 0 Å². The summed E-state index contributed by atoms with van der Waals surface area (Å²) in [5, 5.41) is 0. The highest BCUT2D eigenvalue weighted by molar-refractivity contribution is 4.73. The van der Waals surface area contributed by atoms with Gasteiger partial charge in [0.25, 0.3) is 0 Å². The van der Waals surface area contributed by atoms with Gasteiger partial charge in [0.05, 0.1) is 0 Å². The Labute approximate surface area is 128 Å². The maximum Gasteiger partial charge on any atom is -0.0386 e. The molecule has 0 aromatic rings. The van der Waals surface area contributed by atoms with Crippen LogP contribution in [0.2, 0.25) is 0 Å². The molecule has 2 saturated carbocycles. The van der Waals surface area contributed by atoms with Crippen LogP contribution in [-0.4, -0.2) is 0 Å². The van der Waals surface area contributed by atoms with Crippen LogP contribution in [0.1, 0.15) is 116 Å². The summed E-state index contributed by atoms with van der Waals surface area (Å²) in [5.74, 6) is 2.19. The molecule has 20 heavy (non-hydrogen) atoms. The first-order chi connectivity index (χ1) is 9.97. The topological polar surface area (TPSA) is 0 Å². The molecule has 0 bridgehead atoms. The van der Waals surface area contributed by atoms with Crippen LogP contribution in [0.25, 0.3) is 0 Å². The molecule has 118 valence electrons. The molecule has 0 aliphatic heterocycles. The lowest BCUT2D eigenvalue weighted by Gasteiger charge is -2.29. The lowest BCUT2D eigenvalue weighted by molar-refractivity contribution is 0.227. The van der Waals surface area contributed by atoms with Gasteiger partial charge in [0.2, 0.25) is 0 Å². The van der Waals surface area contributed by atoms with Crippen LogP contribution in [0, 0.1) is 11.8 Å². The Balaban J connectivity index is 1.80. The normalized spacial score (nSPS) is 27.0. The van der Waals surface area contributed by atoms with Gasteiger partial charge in [0.1, 0.15) is 0 Å². The smallest absolute Gasteiger partial charge is 0.0386 e. The van der Waals surface area contributed by atoms with Crippen molar-refractivity contribution >= 4 is 0 Å². The van der Waals surface area contributed by atoms with Crippen molar-refractivity contribution in [2.24, 2.45) is 11.8 Å². The molecule has 2 aliphatic carbocycles. The monoisotopic (exact) mass is 278 g/mol. The lowest BCUT2D eigenvalue weighted by Crippen LogP contribution is -2.17. The molecule has 0 atom stereocenters. The highest BCUT2D eigenvalue weighted by Gasteiger charge is 2.21. The third-order valence-electron chi connectivity index (χ3n) is 5.97. The van der Waals surface area contributed by atoms with E-state index in [2.05, 4.69) is 0 Å². The second-order valence-corrected chi connectivity index (χ2v) is 7.62. The SMILES string of the molecule is C1CCCCCC(C2CCCCCCC2)CCCCC1. The van der Waals surface area contributed by atoms with Crippen LogP contribution >= 0.6 is 0 Å². The van der Waals surface area contributed by atoms with Crippen LogP contribution in [0.15, 0.2) is 0 Å². The van der Waals surface area contributed by atoms with Gasteiger partial charge in [-0.05, 0) is 11.8 Å². The molecule has 0 nitrogen and oxygen atoms in total. The van der Waals surface area contributed by atoms with Crippen LogP contribution in [0.3, 0.4) is 0 Å². The van der Waals surface area contributed by atoms with Gasteiger partial charge in [-0.15, -0.1) is 0 Å². The van der Waals surface area contributed by atoms with Crippen molar-refractivity contribution in [2.45, 2.75) is 116 Å². The van der Waals surface area contributed by atoms with E-state index < -0.39 is 0 Å². The van der Waals surface area contributed by atoms with Crippen molar-refractivity contribution in [3.05, 3.63) is 0 Å². The molecule has 0 amide bonds. The average Bonchev–Trinajstić information content (AvgIpc) is 2.40. The molecule has 0 saturated heterocycles. The second kappa shape index (κ2) is 10.7. The maximum atomic E-state index is 1.56. The van der Waals surface area contributed by atoms with Crippen LogP contribution in [0.5, 0.6) is 0 Å². The summed E-state index contributed by atoms with van der Waals surface area (Å²) >= 11 is 0. The molecule has 2 aliphatic rings. The van der Waals surface area contributed by atoms with Crippen molar-refractivity contribution in [1.29, 1.82) is 0 Å². The Morgan fingerprint density at radius 1 is 0.250 bits per heavy atom. The van der Waals surface area contributed by atoms with Crippen LogP contribution in [-0.2, 0) is 0 Å². The van der Waals surface area contributed by atoms with E-state index in [1.807, 2.05) is 0 Å². The van der Waals surface area contributed by atoms with E-state index >= 15 is 0 Å². The van der Waals surface area contributed by atoms with E-state index in [0.29, 0.717) is 0 Å². The number of hydrogen-bond acceptors (Lipinski definition) is 0. The highest BCUT2D eigenvalue weighted by Crippen LogP contribution is 2.34. The van der Waals surface area contributed by atoms with Gasteiger partial charge in [-0.3, -0.25) is 0 Å². The molecule has 0 N–H and O–H groups in total. The van der Waals surface area contributed by atoms with Crippen molar-refractivity contribution in [1.82, 2.24) is 0 Å². The third-order valence-corrected chi connectivity index (χ3v) is 5.97. The minimum Gasteiger partial charge on any atom is -0.0533 e. The predicted molar refractivity (Wildman–Crippen MR) is 90.1 cm³/mol. The van der Waals surface area contributed by atoms with E-state index in [-0.39, 0.29) is 0 Å². The first kappa shape index (κ1) is 16.4. The molecule has 0 aromatic heterocycles. The van der Waals surface area contributed by atoms with Crippen LogP contribution < -0.4 is 0 Å². The van der Waals surface area contributed by atoms with Crippen molar-refractivity contribution < 1.29 is 0 Å². The summed E-state index contributed by atoms with van der Waals surface area (Å²) in [6, 6.07) is 0. The van der Waals surface area contributed by atoms with E-state index in [1.165, 1.54) is 89.9 Å². The quantitative estimate of drug-likeness (QED) is 0.473. The zero-order valence-corrected chi connectivity index (χ0v) is 13.9. The van der Waals surface area contributed by atoms with Gasteiger partial charge >= 0.3 is 0 Å². The summed E-state index contributed by atoms with van der Waals surface area (Å²) in [7, 11) is 0. The van der Waals surface area contributed by atoms with Gasteiger partial charge in [0, 0.05) is 0 Å².